The molecule has 25 heavy (non-hydrogen) atoms. The normalized spacial score (nSPS) is 10.5. The van der Waals surface area contributed by atoms with E-state index in [4.69, 9.17) is 20.9 Å². The zero-order chi connectivity index (χ0) is 18.2. The van der Waals surface area contributed by atoms with Gasteiger partial charge in [-0.2, -0.15) is 0 Å². The van der Waals surface area contributed by atoms with E-state index in [0.29, 0.717) is 29.5 Å². The van der Waals surface area contributed by atoms with Gasteiger partial charge in [0.1, 0.15) is 0 Å². The van der Waals surface area contributed by atoms with E-state index in [9.17, 15) is 4.79 Å². The Hall–Kier alpha value is -2.60. The summed E-state index contributed by atoms with van der Waals surface area (Å²) in [5.41, 5.74) is 13.6. The predicted molar refractivity (Wildman–Crippen MR) is 96.9 cm³/mol. The monoisotopic (exact) mass is 343 g/mol. The smallest absolute Gasteiger partial charge is 0.250 e. The molecule has 1 aromatic heterocycles. The second-order valence-corrected chi connectivity index (χ2v) is 5.75. The van der Waals surface area contributed by atoms with E-state index < -0.39 is 5.91 Å². The Bertz CT molecular complexity index is 715. The van der Waals surface area contributed by atoms with E-state index in [0.717, 1.165) is 36.8 Å². The molecule has 1 heterocycles. The van der Waals surface area contributed by atoms with E-state index in [2.05, 4.69) is 11.9 Å². The van der Waals surface area contributed by atoms with Crippen LogP contribution in [0.3, 0.4) is 0 Å². The van der Waals surface area contributed by atoms with Crippen molar-refractivity contribution in [1.29, 1.82) is 0 Å². The summed E-state index contributed by atoms with van der Waals surface area (Å²) < 4.78 is 11.5. The lowest BCUT2D eigenvalue weighted by molar-refractivity contribution is 0.1000. The van der Waals surface area contributed by atoms with Crippen molar-refractivity contribution in [2.45, 2.75) is 39.2 Å². The average molecular weight is 343 g/mol. The molecule has 2 aromatic rings. The second kappa shape index (κ2) is 9.03. The third kappa shape index (κ3) is 4.70. The molecule has 4 N–H and O–H groups in total. The molecule has 0 radical (unpaired) electrons. The number of carbonyl (C=O) groups is 1. The summed E-state index contributed by atoms with van der Waals surface area (Å²) in [5, 5.41) is 0. The Morgan fingerprint density at radius 1 is 1.20 bits per heavy atom. The molecule has 0 aliphatic rings. The van der Waals surface area contributed by atoms with Gasteiger partial charge in [0, 0.05) is 24.4 Å². The summed E-state index contributed by atoms with van der Waals surface area (Å²) in [6.45, 7) is 2.62. The maximum absolute atomic E-state index is 11.1. The fourth-order valence-corrected chi connectivity index (χ4v) is 2.67. The number of unbranched alkanes of at least 4 members (excludes halogenated alkanes) is 2. The van der Waals surface area contributed by atoms with Crippen molar-refractivity contribution in [3.63, 3.8) is 0 Å². The van der Waals surface area contributed by atoms with E-state index in [1.165, 1.54) is 6.20 Å². The molecule has 6 nitrogen and oxygen atoms in total. The first-order valence-electron chi connectivity index (χ1n) is 8.43. The topological polar surface area (TPSA) is 100 Å². The van der Waals surface area contributed by atoms with Crippen LogP contribution in [0.5, 0.6) is 17.4 Å². The maximum Gasteiger partial charge on any atom is 0.250 e. The highest BCUT2D eigenvalue weighted by Crippen LogP contribution is 2.37. The minimum Gasteiger partial charge on any atom is -0.493 e. The molecule has 0 atom stereocenters. The summed E-state index contributed by atoms with van der Waals surface area (Å²) in [6, 6.07) is 6.96. The van der Waals surface area contributed by atoms with Crippen molar-refractivity contribution in [3.8, 4) is 17.4 Å². The lowest BCUT2D eigenvalue weighted by Crippen LogP contribution is -2.11. The number of carbonyl (C=O) groups excluding carboxylic acids is 1. The van der Waals surface area contributed by atoms with Crippen LogP contribution in [0.25, 0.3) is 0 Å². The SMILES string of the molecule is CCCCCc1c(CN)ccc(Oc2ccc(C(N)=O)cn2)c1OC. The maximum atomic E-state index is 11.1. The molecule has 6 heteroatoms. The molecule has 0 saturated carbocycles. The first kappa shape index (κ1) is 18.7. The summed E-state index contributed by atoms with van der Waals surface area (Å²) in [5.74, 6) is 1.09. The number of methoxy groups -OCH3 is 1. The third-order valence-electron chi connectivity index (χ3n) is 4.01. The van der Waals surface area contributed by atoms with Crippen LogP contribution in [-0.4, -0.2) is 18.0 Å². The van der Waals surface area contributed by atoms with Gasteiger partial charge in [0.2, 0.25) is 11.8 Å². The molecule has 0 bridgehead atoms. The molecule has 0 aliphatic heterocycles. The van der Waals surface area contributed by atoms with Crippen molar-refractivity contribution < 1.29 is 14.3 Å². The number of nitrogens with zero attached hydrogens (tertiary/aromatic N) is 1. The van der Waals surface area contributed by atoms with Crippen LogP contribution in [-0.2, 0) is 13.0 Å². The number of nitrogens with two attached hydrogens (primary N) is 2. The Morgan fingerprint density at radius 2 is 2.00 bits per heavy atom. The van der Waals surface area contributed by atoms with Crippen LogP contribution < -0.4 is 20.9 Å². The largest absolute Gasteiger partial charge is 0.493 e. The molecule has 1 aromatic carbocycles. The van der Waals surface area contributed by atoms with Crippen LogP contribution in [0.2, 0.25) is 0 Å². The van der Waals surface area contributed by atoms with Crippen molar-refractivity contribution >= 4 is 5.91 Å². The van der Waals surface area contributed by atoms with Gasteiger partial charge in [0.25, 0.3) is 0 Å². The van der Waals surface area contributed by atoms with Gasteiger partial charge in [0.15, 0.2) is 11.5 Å². The number of rotatable bonds is 9. The first-order valence-corrected chi connectivity index (χ1v) is 8.43. The summed E-state index contributed by atoms with van der Waals surface area (Å²) in [7, 11) is 1.62. The van der Waals surface area contributed by atoms with E-state index in [1.54, 1.807) is 19.2 Å². The van der Waals surface area contributed by atoms with Crippen molar-refractivity contribution in [2.75, 3.05) is 7.11 Å². The zero-order valence-electron chi connectivity index (χ0n) is 14.7. The fraction of sp³-hybridized carbons (Fsp3) is 0.368. The molecule has 0 aliphatic carbocycles. The average Bonchev–Trinajstić information content (AvgIpc) is 2.62. The quantitative estimate of drug-likeness (QED) is 0.681. The number of ether oxygens (including phenoxy) is 2. The van der Waals surface area contributed by atoms with Gasteiger partial charge in [-0.1, -0.05) is 25.8 Å². The number of pyridine rings is 1. The zero-order valence-corrected chi connectivity index (χ0v) is 14.7. The standard InChI is InChI=1S/C19H25N3O3/c1-3-4-5-6-15-13(11-20)7-9-16(18(15)24-2)25-17-10-8-14(12-22-17)19(21)23/h7-10,12H,3-6,11,20H2,1-2H3,(H2,21,23). The number of hydrogen-bond donors (Lipinski definition) is 2. The van der Waals surface area contributed by atoms with Crippen LogP contribution in [0.15, 0.2) is 30.5 Å². The van der Waals surface area contributed by atoms with E-state index >= 15 is 0 Å². The number of aromatic nitrogens is 1. The van der Waals surface area contributed by atoms with Gasteiger partial charge in [0.05, 0.1) is 12.7 Å². The highest BCUT2D eigenvalue weighted by molar-refractivity contribution is 5.92. The minimum atomic E-state index is -0.526. The number of amides is 1. The van der Waals surface area contributed by atoms with Gasteiger partial charge in [-0.3, -0.25) is 4.79 Å². The highest BCUT2D eigenvalue weighted by Gasteiger charge is 2.15. The van der Waals surface area contributed by atoms with Crippen LogP contribution >= 0.6 is 0 Å². The number of primary amides is 1. The highest BCUT2D eigenvalue weighted by atomic mass is 16.5. The molecule has 0 saturated heterocycles. The lowest BCUT2D eigenvalue weighted by Gasteiger charge is -2.17. The van der Waals surface area contributed by atoms with E-state index in [-0.39, 0.29) is 0 Å². The van der Waals surface area contributed by atoms with Crippen molar-refractivity contribution in [2.24, 2.45) is 11.5 Å². The first-order chi connectivity index (χ1) is 12.1. The Labute approximate surface area is 148 Å². The van der Waals surface area contributed by atoms with Crippen LogP contribution in [0.4, 0.5) is 0 Å². The lowest BCUT2D eigenvalue weighted by atomic mass is 9.99. The Morgan fingerprint density at radius 3 is 2.56 bits per heavy atom. The summed E-state index contributed by atoms with van der Waals surface area (Å²) in [6.07, 6.45) is 5.63. The van der Waals surface area contributed by atoms with Gasteiger partial charge in [-0.25, -0.2) is 4.98 Å². The van der Waals surface area contributed by atoms with Gasteiger partial charge < -0.3 is 20.9 Å². The Balaban J connectivity index is 2.30. The van der Waals surface area contributed by atoms with Crippen molar-refractivity contribution in [1.82, 2.24) is 4.98 Å². The number of benzene rings is 1. The molecule has 2 rings (SSSR count). The summed E-state index contributed by atoms with van der Waals surface area (Å²) in [4.78, 5) is 15.2. The molecule has 1 amide bonds. The molecular formula is C19H25N3O3. The van der Waals surface area contributed by atoms with E-state index in [1.807, 2.05) is 12.1 Å². The fourth-order valence-electron chi connectivity index (χ4n) is 2.67. The second-order valence-electron chi connectivity index (χ2n) is 5.75. The summed E-state index contributed by atoms with van der Waals surface area (Å²) >= 11 is 0. The predicted octanol–water partition coefficient (Wildman–Crippen LogP) is 3.17. The van der Waals surface area contributed by atoms with Crippen molar-refractivity contribution in [3.05, 3.63) is 47.2 Å². The van der Waals surface area contributed by atoms with Crippen LogP contribution in [0, 0.1) is 0 Å². The minimum absolute atomic E-state index is 0.332. The molecule has 0 spiro atoms. The van der Waals surface area contributed by atoms with Gasteiger partial charge in [-0.05, 0) is 30.5 Å². The van der Waals surface area contributed by atoms with Gasteiger partial charge in [-0.15, -0.1) is 0 Å². The molecular weight excluding hydrogens is 318 g/mol. The van der Waals surface area contributed by atoms with Crippen LogP contribution in [0.1, 0.15) is 47.7 Å². The molecule has 0 fully saturated rings. The Kier molecular flexibility index (Phi) is 6.77. The number of hydrogen-bond acceptors (Lipinski definition) is 5. The third-order valence-corrected chi connectivity index (χ3v) is 4.01. The molecule has 134 valence electrons. The van der Waals surface area contributed by atoms with Gasteiger partial charge >= 0.3 is 0 Å². The molecule has 0 unspecified atom stereocenters.